The van der Waals surface area contributed by atoms with Gasteiger partial charge in [0, 0.05) is 38.5 Å². The van der Waals surface area contributed by atoms with Crippen molar-refractivity contribution in [1.29, 1.82) is 0 Å². The Hall–Kier alpha value is -0.870. The van der Waals surface area contributed by atoms with Crippen LogP contribution in [0.15, 0.2) is 6.20 Å². The summed E-state index contributed by atoms with van der Waals surface area (Å²) in [5.74, 6) is 1.25. The molecule has 1 aromatic heterocycles. The molecule has 2 aliphatic heterocycles. The van der Waals surface area contributed by atoms with Gasteiger partial charge in [-0.3, -0.25) is 4.90 Å². The summed E-state index contributed by atoms with van der Waals surface area (Å²) in [4.78, 5) is 7.29. The van der Waals surface area contributed by atoms with Crippen molar-refractivity contribution in [2.45, 2.75) is 45.3 Å². The first-order valence-corrected chi connectivity index (χ1v) is 6.73. The van der Waals surface area contributed by atoms with E-state index < -0.39 is 0 Å². The Morgan fingerprint density at radius 3 is 2.94 bits per heavy atom. The van der Waals surface area contributed by atoms with E-state index in [-0.39, 0.29) is 0 Å². The predicted molar refractivity (Wildman–Crippen MR) is 65.9 cm³/mol. The highest BCUT2D eigenvalue weighted by molar-refractivity contribution is 5.06. The Labute approximate surface area is 103 Å². The Morgan fingerprint density at radius 2 is 2.18 bits per heavy atom. The molecule has 1 saturated heterocycles. The number of fused-ring (bicyclic) bond motifs is 1. The number of imidazole rings is 1. The van der Waals surface area contributed by atoms with Gasteiger partial charge in [0.1, 0.15) is 5.82 Å². The highest BCUT2D eigenvalue weighted by Crippen LogP contribution is 2.20. The van der Waals surface area contributed by atoms with Crippen molar-refractivity contribution >= 4 is 0 Å². The predicted octanol–water partition coefficient (Wildman–Crippen LogP) is 1.44. The van der Waals surface area contributed by atoms with Crippen LogP contribution in [0.3, 0.4) is 0 Å². The van der Waals surface area contributed by atoms with Gasteiger partial charge < -0.3 is 9.30 Å². The summed E-state index contributed by atoms with van der Waals surface area (Å²) in [5.41, 5.74) is 1.23. The molecule has 0 aliphatic carbocycles. The van der Waals surface area contributed by atoms with Crippen LogP contribution in [-0.4, -0.2) is 40.3 Å². The molecule has 1 fully saturated rings. The van der Waals surface area contributed by atoms with Gasteiger partial charge in [-0.15, -0.1) is 0 Å². The number of rotatable bonds is 2. The number of hydrogen-bond acceptors (Lipinski definition) is 3. The number of nitrogens with zero attached hydrogens (tertiary/aromatic N) is 3. The van der Waals surface area contributed by atoms with Crippen molar-refractivity contribution in [2.75, 3.05) is 19.8 Å². The molecule has 3 heterocycles. The number of ether oxygens (including phenoxy) is 1. The molecule has 0 aromatic carbocycles. The van der Waals surface area contributed by atoms with Gasteiger partial charge in [0.15, 0.2) is 0 Å². The van der Waals surface area contributed by atoms with E-state index in [9.17, 15) is 0 Å². The van der Waals surface area contributed by atoms with Crippen LogP contribution in [0, 0.1) is 0 Å². The lowest BCUT2D eigenvalue weighted by molar-refractivity contribution is 0.0235. The highest BCUT2D eigenvalue weighted by atomic mass is 16.5. The molecule has 0 saturated carbocycles. The van der Waals surface area contributed by atoms with Crippen molar-refractivity contribution in [3.63, 3.8) is 0 Å². The number of hydrogen-bond donors (Lipinski definition) is 0. The fraction of sp³-hybridized carbons (Fsp3) is 0.769. The fourth-order valence-corrected chi connectivity index (χ4v) is 2.86. The number of aryl methyl sites for hydroxylation is 1. The fourth-order valence-electron chi connectivity index (χ4n) is 2.86. The van der Waals surface area contributed by atoms with E-state index in [2.05, 4.69) is 22.6 Å². The van der Waals surface area contributed by atoms with E-state index in [4.69, 9.17) is 9.72 Å². The zero-order valence-corrected chi connectivity index (χ0v) is 10.6. The second-order valence-corrected chi connectivity index (χ2v) is 5.01. The molecular weight excluding hydrogens is 214 g/mol. The third-order valence-electron chi connectivity index (χ3n) is 3.95. The van der Waals surface area contributed by atoms with Gasteiger partial charge in [-0.25, -0.2) is 4.98 Å². The molecule has 2 aliphatic rings. The van der Waals surface area contributed by atoms with Crippen LogP contribution in [0.4, 0.5) is 0 Å². The first-order chi connectivity index (χ1) is 8.36. The van der Waals surface area contributed by atoms with Gasteiger partial charge >= 0.3 is 0 Å². The largest absolute Gasteiger partial charge is 0.381 e. The molecule has 0 amide bonds. The van der Waals surface area contributed by atoms with E-state index in [1.807, 2.05) is 0 Å². The Balaban J connectivity index is 1.70. The molecule has 0 spiro atoms. The van der Waals surface area contributed by atoms with Crippen LogP contribution in [0.1, 0.15) is 31.3 Å². The molecule has 0 radical (unpaired) electrons. The summed E-state index contributed by atoms with van der Waals surface area (Å²) in [6.45, 7) is 7.30. The standard InChI is InChI=1S/C13H21N3O/c1-2-11-9-16-6-5-15(10-13(16)14-11)12-3-7-17-8-4-12/h9,12H,2-8,10H2,1H3. The zero-order chi connectivity index (χ0) is 11.7. The quantitative estimate of drug-likeness (QED) is 0.777. The molecule has 0 bridgehead atoms. The van der Waals surface area contributed by atoms with Crippen LogP contribution in [-0.2, 0) is 24.2 Å². The van der Waals surface area contributed by atoms with Gasteiger partial charge in [0.25, 0.3) is 0 Å². The van der Waals surface area contributed by atoms with Crippen molar-refractivity contribution in [1.82, 2.24) is 14.5 Å². The van der Waals surface area contributed by atoms with Crippen molar-refractivity contribution in [2.24, 2.45) is 0 Å². The van der Waals surface area contributed by atoms with Crippen LogP contribution in [0.2, 0.25) is 0 Å². The minimum atomic E-state index is 0.708. The zero-order valence-electron chi connectivity index (χ0n) is 10.6. The molecule has 0 atom stereocenters. The molecule has 3 rings (SSSR count). The van der Waals surface area contributed by atoms with E-state index in [0.717, 1.165) is 39.3 Å². The lowest BCUT2D eigenvalue weighted by Gasteiger charge is -2.36. The summed E-state index contributed by atoms with van der Waals surface area (Å²) in [6, 6.07) is 0.708. The lowest BCUT2D eigenvalue weighted by atomic mass is 10.1. The summed E-state index contributed by atoms with van der Waals surface area (Å²) in [6.07, 6.45) is 5.62. The van der Waals surface area contributed by atoms with Gasteiger partial charge in [0.05, 0.1) is 12.2 Å². The van der Waals surface area contributed by atoms with E-state index in [1.54, 1.807) is 0 Å². The maximum Gasteiger partial charge on any atom is 0.123 e. The topological polar surface area (TPSA) is 30.3 Å². The molecule has 1 aromatic rings. The molecule has 94 valence electrons. The minimum absolute atomic E-state index is 0.708. The summed E-state index contributed by atoms with van der Waals surface area (Å²) in [5, 5.41) is 0. The van der Waals surface area contributed by atoms with Crippen molar-refractivity contribution in [3.8, 4) is 0 Å². The van der Waals surface area contributed by atoms with Gasteiger partial charge in [-0.1, -0.05) is 6.92 Å². The van der Waals surface area contributed by atoms with Crippen molar-refractivity contribution < 1.29 is 4.74 Å². The number of aromatic nitrogens is 2. The van der Waals surface area contributed by atoms with Gasteiger partial charge in [-0.05, 0) is 19.3 Å². The van der Waals surface area contributed by atoms with Crippen molar-refractivity contribution in [3.05, 3.63) is 17.7 Å². The van der Waals surface area contributed by atoms with Crippen LogP contribution < -0.4 is 0 Å². The maximum atomic E-state index is 5.43. The molecule has 0 unspecified atom stereocenters. The smallest absolute Gasteiger partial charge is 0.123 e. The highest BCUT2D eigenvalue weighted by Gasteiger charge is 2.26. The molecule has 4 heteroatoms. The SMILES string of the molecule is CCc1cn2c(n1)CN(C1CCOCC1)CC2. The van der Waals surface area contributed by atoms with Crippen LogP contribution in [0.25, 0.3) is 0 Å². The first-order valence-electron chi connectivity index (χ1n) is 6.73. The molecule has 17 heavy (non-hydrogen) atoms. The Kier molecular flexibility index (Phi) is 3.16. The second-order valence-electron chi connectivity index (χ2n) is 5.01. The monoisotopic (exact) mass is 235 g/mol. The molecular formula is C13H21N3O. The Bertz CT molecular complexity index is 382. The third-order valence-corrected chi connectivity index (χ3v) is 3.95. The van der Waals surface area contributed by atoms with Crippen LogP contribution >= 0.6 is 0 Å². The summed E-state index contributed by atoms with van der Waals surface area (Å²) in [7, 11) is 0. The van der Waals surface area contributed by atoms with Gasteiger partial charge in [0.2, 0.25) is 0 Å². The van der Waals surface area contributed by atoms with E-state index in [0.29, 0.717) is 6.04 Å². The second kappa shape index (κ2) is 4.78. The van der Waals surface area contributed by atoms with E-state index in [1.165, 1.54) is 24.4 Å². The minimum Gasteiger partial charge on any atom is -0.381 e. The summed E-state index contributed by atoms with van der Waals surface area (Å²) < 4.78 is 7.76. The average molecular weight is 235 g/mol. The normalized spacial score (nSPS) is 22.6. The third kappa shape index (κ3) is 2.24. The summed E-state index contributed by atoms with van der Waals surface area (Å²) >= 11 is 0. The van der Waals surface area contributed by atoms with Crippen LogP contribution in [0.5, 0.6) is 0 Å². The molecule has 0 N–H and O–H groups in total. The van der Waals surface area contributed by atoms with E-state index >= 15 is 0 Å². The molecule has 4 nitrogen and oxygen atoms in total. The first kappa shape index (κ1) is 11.2. The lowest BCUT2D eigenvalue weighted by Crippen LogP contribution is -2.43. The average Bonchev–Trinajstić information content (AvgIpc) is 2.81. The Morgan fingerprint density at radius 1 is 1.35 bits per heavy atom. The van der Waals surface area contributed by atoms with Gasteiger partial charge in [-0.2, -0.15) is 0 Å². The maximum absolute atomic E-state index is 5.43.